The van der Waals surface area contributed by atoms with Crippen LogP contribution in [0.5, 0.6) is 23.0 Å². The van der Waals surface area contributed by atoms with Gasteiger partial charge in [0.1, 0.15) is 5.69 Å². The molecular weight excluding hydrogens is 524 g/mol. The summed E-state index contributed by atoms with van der Waals surface area (Å²) >= 11 is 6.65. The highest BCUT2D eigenvalue weighted by Crippen LogP contribution is 2.52. The van der Waals surface area contributed by atoms with Crippen LogP contribution in [-0.2, 0) is 21.6 Å². The molecule has 0 N–H and O–H groups in total. The Hall–Kier alpha value is -3.72. The fraction of sp³-hybridized carbons (Fsp3) is 0.172. The molecule has 4 aromatic rings. The molecular formula is C29H25ClN2O5S. The van der Waals surface area contributed by atoms with Crippen molar-refractivity contribution in [2.45, 2.75) is 26.0 Å². The number of anilines is 4. The highest BCUT2D eigenvalue weighted by molar-refractivity contribution is 7.67. The predicted molar refractivity (Wildman–Crippen MR) is 149 cm³/mol. The molecule has 2 aliphatic heterocycles. The van der Waals surface area contributed by atoms with Gasteiger partial charge in [-0.15, -0.1) is 0 Å². The zero-order valence-corrected chi connectivity index (χ0v) is 22.2. The number of aryl methyl sites for hydroxylation is 1. The molecule has 9 heteroatoms. The van der Waals surface area contributed by atoms with Gasteiger partial charge < -0.3 is 19.3 Å². The molecule has 38 heavy (non-hydrogen) atoms. The van der Waals surface area contributed by atoms with Crippen LogP contribution in [0.1, 0.15) is 18.9 Å². The molecule has 2 aliphatic rings. The summed E-state index contributed by atoms with van der Waals surface area (Å²) < 4.78 is 42.0. The third-order valence-corrected chi connectivity index (χ3v) is 7.46. The quantitative estimate of drug-likeness (QED) is 0.242. The zero-order chi connectivity index (χ0) is 26.2. The molecule has 4 aromatic carbocycles. The third-order valence-electron chi connectivity index (χ3n) is 6.74. The molecule has 7 nitrogen and oxygen atoms in total. The monoisotopic (exact) mass is 548 g/mol. The Kier molecular flexibility index (Phi) is 6.61. The highest BCUT2D eigenvalue weighted by atomic mass is 35.5. The van der Waals surface area contributed by atoms with Crippen LogP contribution >= 0.6 is 11.6 Å². The molecule has 6 rings (SSSR count). The number of para-hydroxylation sites is 6. The number of ether oxygens (including phenoxy) is 2. The van der Waals surface area contributed by atoms with E-state index >= 15 is 0 Å². The highest BCUT2D eigenvalue weighted by Gasteiger charge is 2.34. The number of benzene rings is 4. The van der Waals surface area contributed by atoms with Gasteiger partial charge in [0.2, 0.25) is 0 Å². The Morgan fingerprint density at radius 2 is 1.39 bits per heavy atom. The molecule has 0 spiro atoms. The molecule has 0 saturated heterocycles. The van der Waals surface area contributed by atoms with Crippen molar-refractivity contribution >= 4 is 45.3 Å². The van der Waals surface area contributed by atoms with E-state index in [-0.39, 0.29) is 0 Å². The van der Waals surface area contributed by atoms with Crippen LogP contribution in [0.2, 0.25) is 5.02 Å². The van der Waals surface area contributed by atoms with E-state index in [1.807, 2.05) is 89.8 Å². The lowest BCUT2D eigenvalue weighted by atomic mass is 10.0. The summed E-state index contributed by atoms with van der Waals surface area (Å²) in [5.41, 5.74) is 4.14. The molecule has 2 heterocycles. The topological polar surface area (TPSA) is 68.3 Å². The summed E-state index contributed by atoms with van der Waals surface area (Å²) in [6.07, 6.45) is 0.226. The van der Waals surface area contributed by atoms with E-state index in [2.05, 4.69) is 11.8 Å². The van der Waals surface area contributed by atoms with Crippen LogP contribution in [-0.4, -0.2) is 21.2 Å². The van der Waals surface area contributed by atoms with E-state index in [1.165, 1.54) is 0 Å². The number of halogens is 1. The second-order valence-electron chi connectivity index (χ2n) is 8.94. The van der Waals surface area contributed by atoms with Gasteiger partial charge in [-0.2, -0.15) is 0 Å². The van der Waals surface area contributed by atoms with Crippen molar-refractivity contribution in [3.8, 4) is 23.0 Å². The summed E-state index contributed by atoms with van der Waals surface area (Å²) in [7, 11) is -3.15. The molecule has 0 radical (unpaired) electrons. The van der Waals surface area contributed by atoms with Crippen molar-refractivity contribution < 1.29 is 22.1 Å². The Bertz CT molecular complexity index is 1580. The van der Waals surface area contributed by atoms with Gasteiger partial charge in [-0.3, -0.25) is 0 Å². The Morgan fingerprint density at radius 1 is 0.789 bits per heavy atom. The first-order chi connectivity index (χ1) is 18.5. The van der Waals surface area contributed by atoms with Crippen molar-refractivity contribution in [1.82, 2.24) is 0 Å². The minimum atomic E-state index is -3.15. The Balaban J connectivity index is 1.43. The van der Waals surface area contributed by atoms with E-state index in [4.69, 9.17) is 25.3 Å². The maximum Gasteiger partial charge on any atom is 0.259 e. The lowest BCUT2D eigenvalue weighted by molar-refractivity contribution is 0.213. The van der Waals surface area contributed by atoms with Crippen LogP contribution < -0.4 is 19.3 Å². The Labute approximate surface area is 227 Å². The molecule has 0 amide bonds. The second-order valence-corrected chi connectivity index (χ2v) is 10.0. The van der Waals surface area contributed by atoms with E-state index in [1.54, 1.807) is 0 Å². The smallest absolute Gasteiger partial charge is 0.259 e. The molecule has 0 bridgehead atoms. The Morgan fingerprint density at radius 3 is 2.11 bits per heavy atom. The van der Waals surface area contributed by atoms with Gasteiger partial charge in [0, 0.05) is 13.0 Å². The molecule has 0 fully saturated rings. The summed E-state index contributed by atoms with van der Waals surface area (Å²) in [4.78, 5) is 4.00. The van der Waals surface area contributed by atoms with Crippen LogP contribution in [0.25, 0.3) is 0 Å². The number of thiol groups is 1. The average molecular weight is 549 g/mol. The molecule has 1 atom stereocenters. The minimum Gasteiger partial charge on any atom is -0.453 e. The van der Waals surface area contributed by atoms with Crippen molar-refractivity contribution in [1.29, 1.82) is 0 Å². The lowest BCUT2D eigenvalue weighted by Crippen LogP contribution is -2.38. The summed E-state index contributed by atoms with van der Waals surface area (Å²) in [5.74, 6) is 2.62. The van der Waals surface area contributed by atoms with E-state index in [0.717, 1.165) is 34.7 Å². The first-order valence-corrected chi connectivity index (χ1v) is 13.8. The SMILES string of the molecule is CCc1cccc2c1N(C(CCN1c3ccccc3Oc3cccc(Cl)c31)O[SH](=O)=O)c1ccccc1O2. The van der Waals surface area contributed by atoms with Gasteiger partial charge in [-0.25, -0.2) is 12.6 Å². The molecule has 0 saturated carbocycles. The zero-order valence-electron chi connectivity index (χ0n) is 20.5. The summed E-state index contributed by atoms with van der Waals surface area (Å²) in [5, 5.41) is 0.541. The first kappa shape index (κ1) is 24.6. The van der Waals surface area contributed by atoms with Gasteiger partial charge >= 0.3 is 0 Å². The maximum atomic E-state index is 12.0. The van der Waals surface area contributed by atoms with Gasteiger partial charge in [-0.1, -0.05) is 61.0 Å². The van der Waals surface area contributed by atoms with Crippen molar-refractivity contribution in [3.63, 3.8) is 0 Å². The van der Waals surface area contributed by atoms with Crippen molar-refractivity contribution in [2.75, 3.05) is 16.3 Å². The van der Waals surface area contributed by atoms with Crippen LogP contribution in [0.4, 0.5) is 22.7 Å². The van der Waals surface area contributed by atoms with Gasteiger partial charge in [0.15, 0.2) is 29.2 Å². The van der Waals surface area contributed by atoms with Crippen LogP contribution in [0.15, 0.2) is 84.9 Å². The van der Waals surface area contributed by atoms with E-state index < -0.39 is 17.2 Å². The first-order valence-electron chi connectivity index (χ1n) is 12.4. The van der Waals surface area contributed by atoms with E-state index in [9.17, 15) is 8.42 Å². The number of nitrogens with zero attached hydrogens (tertiary/aromatic N) is 2. The third kappa shape index (κ3) is 4.34. The van der Waals surface area contributed by atoms with Gasteiger partial charge in [0.05, 0.1) is 22.1 Å². The molecule has 0 aliphatic carbocycles. The van der Waals surface area contributed by atoms with Crippen LogP contribution in [0, 0.1) is 0 Å². The number of fused-ring (bicyclic) bond motifs is 4. The largest absolute Gasteiger partial charge is 0.453 e. The molecule has 194 valence electrons. The number of rotatable bonds is 7. The number of hydrogen-bond donors (Lipinski definition) is 1. The van der Waals surface area contributed by atoms with E-state index in [0.29, 0.717) is 41.0 Å². The summed E-state index contributed by atoms with van der Waals surface area (Å²) in [6.45, 7) is 2.47. The minimum absolute atomic E-state index is 0.328. The van der Waals surface area contributed by atoms with Crippen molar-refractivity contribution in [2.24, 2.45) is 0 Å². The maximum absolute atomic E-state index is 12.0. The van der Waals surface area contributed by atoms with Gasteiger partial charge in [0.25, 0.3) is 11.0 Å². The normalized spacial score (nSPS) is 14.1. The standard InChI is InChI=1S/C29H25ClN2O5S/c1-2-19-9-7-15-25-28(19)32(22-12-4-6-14-24(22)36-25)27(37-38(33)34)17-18-31-21-11-3-5-13-23(21)35-26-16-8-10-20(30)29(26)31/h3-16,27,38H,2,17-18H2,1H3. The van der Waals surface area contributed by atoms with Gasteiger partial charge in [-0.05, 0) is 54.4 Å². The fourth-order valence-electron chi connectivity index (χ4n) is 5.13. The molecule has 1 unspecified atom stereocenters. The number of hydrogen-bond acceptors (Lipinski definition) is 7. The fourth-order valence-corrected chi connectivity index (χ4v) is 5.80. The van der Waals surface area contributed by atoms with Crippen LogP contribution in [0.3, 0.4) is 0 Å². The average Bonchev–Trinajstić information content (AvgIpc) is 2.93. The van der Waals surface area contributed by atoms with Crippen molar-refractivity contribution in [3.05, 3.63) is 95.5 Å². The lowest BCUT2D eigenvalue weighted by Gasteiger charge is -2.40. The summed E-state index contributed by atoms with van der Waals surface area (Å²) in [6, 6.07) is 26.6. The second kappa shape index (κ2) is 10.2. The molecule has 0 aromatic heterocycles. The predicted octanol–water partition coefficient (Wildman–Crippen LogP) is 7.35.